The number of rotatable bonds is 3. The van der Waals surface area contributed by atoms with Gasteiger partial charge >= 0.3 is 0 Å². The third-order valence-electron chi connectivity index (χ3n) is 2.45. The van der Waals surface area contributed by atoms with Crippen LogP contribution in [0.5, 0.6) is 5.06 Å². The van der Waals surface area contributed by atoms with Gasteiger partial charge in [-0.15, -0.1) is 22.9 Å². The van der Waals surface area contributed by atoms with E-state index < -0.39 is 0 Å². The Bertz CT molecular complexity index is 294. The zero-order valence-corrected chi connectivity index (χ0v) is 9.61. The van der Waals surface area contributed by atoms with Crippen molar-refractivity contribution < 1.29 is 9.47 Å². The maximum atomic E-state index is 6.36. The molecule has 2 heterocycles. The molecule has 1 fully saturated rings. The number of hydrogen-bond donors (Lipinski definition) is 0. The lowest BCUT2D eigenvalue weighted by Gasteiger charge is -2.12. The molecule has 1 saturated heterocycles. The third kappa shape index (κ3) is 2.05. The summed E-state index contributed by atoms with van der Waals surface area (Å²) in [5.41, 5.74) is 0. The zero-order chi connectivity index (χ0) is 9.97. The molecule has 1 aliphatic heterocycles. The normalized spacial score (nSPS) is 23.7. The Labute approximate surface area is 92.8 Å². The van der Waals surface area contributed by atoms with Crippen molar-refractivity contribution in [3.8, 4) is 5.06 Å². The smallest absolute Gasteiger partial charge is 0.173 e. The minimum absolute atomic E-state index is 0.0754. The van der Waals surface area contributed by atoms with Crippen LogP contribution in [0.4, 0.5) is 0 Å². The van der Waals surface area contributed by atoms with Crippen molar-refractivity contribution in [3.05, 3.63) is 17.0 Å². The number of hydrogen-bond acceptors (Lipinski definition) is 3. The summed E-state index contributed by atoms with van der Waals surface area (Å²) in [5.74, 6) is 0.458. The van der Waals surface area contributed by atoms with Gasteiger partial charge in [0.25, 0.3) is 0 Å². The monoisotopic (exact) mass is 232 g/mol. The first kappa shape index (κ1) is 10.3. The van der Waals surface area contributed by atoms with Crippen LogP contribution in [0.1, 0.15) is 16.7 Å². The Morgan fingerprint density at radius 1 is 1.64 bits per heavy atom. The van der Waals surface area contributed by atoms with E-state index in [4.69, 9.17) is 21.1 Å². The molecule has 1 aliphatic rings. The van der Waals surface area contributed by atoms with E-state index in [0.29, 0.717) is 5.92 Å². The van der Waals surface area contributed by atoms with Gasteiger partial charge in [0.1, 0.15) is 0 Å². The number of halogens is 1. The maximum absolute atomic E-state index is 6.36. The second kappa shape index (κ2) is 4.51. The van der Waals surface area contributed by atoms with Gasteiger partial charge in [-0.2, -0.15) is 0 Å². The molecular weight excluding hydrogens is 220 g/mol. The molecule has 0 amide bonds. The van der Waals surface area contributed by atoms with Crippen LogP contribution in [0.25, 0.3) is 0 Å². The van der Waals surface area contributed by atoms with Crippen molar-refractivity contribution in [2.75, 3.05) is 20.3 Å². The van der Waals surface area contributed by atoms with Gasteiger partial charge in [0.15, 0.2) is 5.06 Å². The second-order valence-electron chi connectivity index (χ2n) is 3.39. The van der Waals surface area contributed by atoms with E-state index in [1.54, 1.807) is 18.4 Å². The molecule has 2 nitrogen and oxygen atoms in total. The SMILES string of the molecule is COc1ccc(C(Cl)C2CCOC2)s1. The van der Waals surface area contributed by atoms with Crippen LogP contribution in [0, 0.1) is 5.92 Å². The van der Waals surface area contributed by atoms with Crippen molar-refractivity contribution in [2.45, 2.75) is 11.8 Å². The molecule has 1 aromatic heterocycles. The molecule has 2 rings (SSSR count). The average Bonchev–Trinajstić information content (AvgIpc) is 2.88. The summed E-state index contributed by atoms with van der Waals surface area (Å²) in [7, 11) is 1.68. The Morgan fingerprint density at radius 3 is 3.07 bits per heavy atom. The van der Waals surface area contributed by atoms with Crippen molar-refractivity contribution in [1.82, 2.24) is 0 Å². The molecule has 0 bridgehead atoms. The fourth-order valence-corrected chi connectivity index (χ4v) is 2.91. The summed E-state index contributed by atoms with van der Waals surface area (Å²) in [5, 5.41) is 0.996. The van der Waals surface area contributed by atoms with E-state index in [0.717, 1.165) is 24.7 Å². The molecular formula is C10H13ClO2S. The first-order valence-electron chi connectivity index (χ1n) is 4.67. The van der Waals surface area contributed by atoms with Gasteiger partial charge in [0.05, 0.1) is 19.1 Å². The molecule has 2 atom stereocenters. The molecule has 0 radical (unpaired) electrons. The predicted molar refractivity (Wildman–Crippen MR) is 58.4 cm³/mol. The molecule has 0 spiro atoms. The molecule has 4 heteroatoms. The Hall–Kier alpha value is -0.250. The van der Waals surface area contributed by atoms with Gasteiger partial charge in [-0.05, 0) is 18.6 Å². The molecule has 1 aromatic rings. The predicted octanol–water partition coefficient (Wildman–Crippen LogP) is 3.07. The second-order valence-corrected chi connectivity index (χ2v) is 4.93. The molecule has 2 unspecified atom stereocenters. The molecule has 14 heavy (non-hydrogen) atoms. The fraction of sp³-hybridized carbons (Fsp3) is 0.600. The Balaban J connectivity index is 2.05. The van der Waals surface area contributed by atoms with Gasteiger partial charge in [0, 0.05) is 17.4 Å². The van der Waals surface area contributed by atoms with Crippen LogP contribution >= 0.6 is 22.9 Å². The van der Waals surface area contributed by atoms with Crippen LogP contribution in [0.2, 0.25) is 0 Å². The van der Waals surface area contributed by atoms with Crippen LogP contribution in [0.3, 0.4) is 0 Å². The lowest BCUT2D eigenvalue weighted by Crippen LogP contribution is -2.05. The van der Waals surface area contributed by atoms with Crippen molar-refractivity contribution >= 4 is 22.9 Å². The molecule has 0 saturated carbocycles. The summed E-state index contributed by atoms with van der Waals surface area (Å²) in [6.45, 7) is 1.63. The van der Waals surface area contributed by atoms with Gasteiger partial charge < -0.3 is 9.47 Å². The molecule has 0 aromatic carbocycles. The minimum atomic E-state index is 0.0754. The number of alkyl halides is 1. The van der Waals surface area contributed by atoms with Crippen LogP contribution in [-0.2, 0) is 4.74 Å². The van der Waals surface area contributed by atoms with E-state index in [2.05, 4.69) is 0 Å². The standard InChI is InChI=1S/C10H13ClO2S/c1-12-9-3-2-8(14-9)10(11)7-4-5-13-6-7/h2-3,7,10H,4-6H2,1H3. The Morgan fingerprint density at radius 2 is 2.50 bits per heavy atom. The highest BCUT2D eigenvalue weighted by Crippen LogP contribution is 2.39. The zero-order valence-electron chi connectivity index (χ0n) is 8.03. The van der Waals surface area contributed by atoms with E-state index in [1.165, 1.54) is 4.88 Å². The van der Waals surface area contributed by atoms with Crippen molar-refractivity contribution in [2.24, 2.45) is 5.92 Å². The molecule has 78 valence electrons. The maximum Gasteiger partial charge on any atom is 0.173 e. The number of methoxy groups -OCH3 is 1. The quantitative estimate of drug-likeness (QED) is 0.746. The summed E-state index contributed by atoms with van der Waals surface area (Å²) in [6.07, 6.45) is 1.06. The lowest BCUT2D eigenvalue weighted by atomic mass is 10.0. The van der Waals surface area contributed by atoms with Crippen LogP contribution in [-0.4, -0.2) is 20.3 Å². The van der Waals surface area contributed by atoms with Crippen molar-refractivity contribution in [3.63, 3.8) is 0 Å². The van der Waals surface area contributed by atoms with Gasteiger partial charge in [0.2, 0.25) is 0 Å². The minimum Gasteiger partial charge on any atom is -0.487 e. The number of ether oxygens (including phenoxy) is 2. The van der Waals surface area contributed by atoms with E-state index >= 15 is 0 Å². The summed E-state index contributed by atoms with van der Waals surface area (Å²) in [4.78, 5) is 1.18. The van der Waals surface area contributed by atoms with E-state index in [9.17, 15) is 0 Å². The Kier molecular flexibility index (Phi) is 3.31. The van der Waals surface area contributed by atoms with Crippen LogP contribution < -0.4 is 4.74 Å². The van der Waals surface area contributed by atoms with E-state index in [1.807, 2.05) is 12.1 Å². The van der Waals surface area contributed by atoms with Crippen LogP contribution in [0.15, 0.2) is 12.1 Å². The summed E-state index contributed by atoms with van der Waals surface area (Å²) >= 11 is 7.98. The number of thiophene rings is 1. The molecule has 0 aliphatic carbocycles. The third-order valence-corrected chi connectivity index (χ3v) is 4.30. The highest BCUT2D eigenvalue weighted by Gasteiger charge is 2.26. The van der Waals surface area contributed by atoms with E-state index in [-0.39, 0.29) is 5.38 Å². The van der Waals surface area contributed by atoms with Gasteiger partial charge in [-0.25, -0.2) is 0 Å². The topological polar surface area (TPSA) is 18.5 Å². The largest absolute Gasteiger partial charge is 0.487 e. The first-order valence-corrected chi connectivity index (χ1v) is 5.92. The summed E-state index contributed by atoms with van der Waals surface area (Å²) < 4.78 is 10.5. The lowest BCUT2D eigenvalue weighted by molar-refractivity contribution is 0.185. The highest BCUT2D eigenvalue weighted by atomic mass is 35.5. The van der Waals surface area contributed by atoms with Gasteiger partial charge in [-0.1, -0.05) is 0 Å². The molecule has 0 N–H and O–H groups in total. The highest BCUT2D eigenvalue weighted by molar-refractivity contribution is 7.14. The summed E-state index contributed by atoms with van der Waals surface area (Å²) in [6, 6.07) is 4.00. The van der Waals surface area contributed by atoms with Crippen molar-refractivity contribution in [1.29, 1.82) is 0 Å². The first-order chi connectivity index (χ1) is 6.81. The average molecular weight is 233 g/mol. The van der Waals surface area contributed by atoms with Gasteiger partial charge in [-0.3, -0.25) is 0 Å². The fourth-order valence-electron chi connectivity index (χ4n) is 1.61.